The van der Waals surface area contributed by atoms with E-state index in [1.54, 1.807) is 43.5 Å². The number of ether oxygens (including phenoxy) is 1. The highest BCUT2D eigenvalue weighted by molar-refractivity contribution is 7.99. The predicted octanol–water partition coefficient (Wildman–Crippen LogP) is 2.81. The molecule has 1 aromatic heterocycles. The van der Waals surface area contributed by atoms with Gasteiger partial charge in [-0.15, -0.1) is 10.2 Å². The third-order valence-corrected chi connectivity index (χ3v) is 4.50. The van der Waals surface area contributed by atoms with Crippen LogP contribution < -0.4 is 10.1 Å². The molecule has 0 spiro atoms. The van der Waals surface area contributed by atoms with Crippen LogP contribution in [0.5, 0.6) is 5.75 Å². The van der Waals surface area contributed by atoms with Gasteiger partial charge in [0.05, 0.1) is 12.9 Å². The molecule has 1 heterocycles. The normalized spacial score (nSPS) is 13.4. The quantitative estimate of drug-likeness (QED) is 0.615. The second kappa shape index (κ2) is 7.44. The van der Waals surface area contributed by atoms with Gasteiger partial charge in [-0.05, 0) is 37.1 Å². The highest BCUT2D eigenvalue weighted by Crippen LogP contribution is 2.30. The number of amides is 1. The number of aromatic nitrogens is 2. The molecule has 124 valence electrons. The van der Waals surface area contributed by atoms with Crippen LogP contribution in [0.4, 0.5) is 5.82 Å². The summed E-state index contributed by atoms with van der Waals surface area (Å²) in [6.45, 7) is 0. The van der Waals surface area contributed by atoms with Crippen molar-refractivity contribution in [2.75, 3.05) is 18.2 Å². The van der Waals surface area contributed by atoms with Gasteiger partial charge in [-0.1, -0.05) is 23.9 Å². The topological polar surface area (TPSA) is 81.2 Å². The Labute approximate surface area is 144 Å². The van der Waals surface area contributed by atoms with Gasteiger partial charge in [-0.3, -0.25) is 9.59 Å². The second-order valence-corrected chi connectivity index (χ2v) is 6.46. The van der Waals surface area contributed by atoms with E-state index in [0.29, 0.717) is 22.2 Å². The molecule has 0 radical (unpaired) electrons. The monoisotopic (exact) mass is 343 g/mol. The van der Waals surface area contributed by atoms with Crippen LogP contribution in [0.2, 0.25) is 0 Å². The van der Waals surface area contributed by atoms with Gasteiger partial charge in [0.2, 0.25) is 5.91 Å². The fourth-order valence-electron chi connectivity index (χ4n) is 2.06. The first-order valence-corrected chi connectivity index (χ1v) is 8.59. The Bertz CT molecular complexity index is 745. The van der Waals surface area contributed by atoms with Crippen molar-refractivity contribution >= 4 is 29.3 Å². The molecule has 0 aliphatic heterocycles. The number of carbonyl (C=O) groups excluding carboxylic acids is 2. The number of anilines is 1. The third kappa shape index (κ3) is 4.32. The predicted molar refractivity (Wildman–Crippen MR) is 91.4 cm³/mol. The Morgan fingerprint density at radius 1 is 1.25 bits per heavy atom. The first kappa shape index (κ1) is 16.4. The van der Waals surface area contributed by atoms with Gasteiger partial charge in [0.15, 0.2) is 11.6 Å². The number of rotatable bonds is 7. The number of nitrogens with zero attached hydrogens (tertiary/aromatic N) is 2. The van der Waals surface area contributed by atoms with E-state index in [-0.39, 0.29) is 23.4 Å². The zero-order valence-electron chi connectivity index (χ0n) is 13.2. The molecule has 1 aliphatic carbocycles. The largest absolute Gasteiger partial charge is 0.497 e. The maximum Gasteiger partial charge on any atom is 0.228 e. The molecule has 1 aliphatic rings. The first-order chi connectivity index (χ1) is 11.7. The molecule has 0 saturated heterocycles. The standard InChI is InChI=1S/C17H17N3O3S/c1-23-13-4-2-3-12(9-13)14(21)10-24-16-8-7-15(19-20-16)18-17(22)11-5-6-11/h2-4,7-9,11H,5-6,10H2,1H3,(H,18,19,22). The molecule has 0 atom stereocenters. The number of benzene rings is 1. The molecule has 0 bridgehead atoms. The number of carbonyl (C=O) groups is 2. The molecule has 1 N–H and O–H groups in total. The van der Waals surface area contributed by atoms with Crippen LogP contribution in [-0.2, 0) is 4.79 Å². The van der Waals surface area contributed by atoms with Gasteiger partial charge in [0, 0.05) is 11.5 Å². The fraction of sp³-hybridized carbons (Fsp3) is 0.294. The lowest BCUT2D eigenvalue weighted by Gasteiger charge is -2.05. The molecular formula is C17H17N3O3S. The molecule has 1 amide bonds. The van der Waals surface area contributed by atoms with Gasteiger partial charge in [-0.2, -0.15) is 0 Å². The summed E-state index contributed by atoms with van der Waals surface area (Å²) in [5.74, 6) is 1.47. The molecular weight excluding hydrogens is 326 g/mol. The molecule has 1 aromatic carbocycles. The van der Waals surface area contributed by atoms with Crippen molar-refractivity contribution < 1.29 is 14.3 Å². The van der Waals surface area contributed by atoms with E-state index < -0.39 is 0 Å². The van der Waals surface area contributed by atoms with Crippen LogP contribution in [0.1, 0.15) is 23.2 Å². The van der Waals surface area contributed by atoms with Crippen molar-refractivity contribution in [1.29, 1.82) is 0 Å². The molecule has 24 heavy (non-hydrogen) atoms. The molecule has 2 aromatic rings. The Morgan fingerprint density at radius 3 is 2.75 bits per heavy atom. The number of ketones is 1. The summed E-state index contributed by atoms with van der Waals surface area (Å²) >= 11 is 1.31. The van der Waals surface area contributed by atoms with E-state index in [9.17, 15) is 9.59 Å². The third-order valence-electron chi connectivity index (χ3n) is 3.58. The van der Waals surface area contributed by atoms with Gasteiger partial charge in [0.1, 0.15) is 10.8 Å². The summed E-state index contributed by atoms with van der Waals surface area (Å²) in [6, 6.07) is 10.5. The van der Waals surface area contributed by atoms with Gasteiger partial charge < -0.3 is 10.1 Å². The van der Waals surface area contributed by atoms with E-state index in [4.69, 9.17) is 4.74 Å². The van der Waals surface area contributed by atoms with Gasteiger partial charge in [0.25, 0.3) is 0 Å². The zero-order chi connectivity index (χ0) is 16.9. The highest BCUT2D eigenvalue weighted by atomic mass is 32.2. The van der Waals surface area contributed by atoms with Gasteiger partial charge >= 0.3 is 0 Å². The Morgan fingerprint density at radius 2 is 2.08 bits per heavy atom. The van der Waals surface area contributed by atoms with Crippen LogP contribution in [0.15, 0.2) is 41.4 Å². The van der Waals surface area contributed by atoms with Gasteiger partial charge in [-0.25, -0.2) is 0 Å². The zero-order valence-corrected chi connectivity index (χ0v) is 14.0. The minimum absolute atomic E-state index is 0.00194. The summed E-state index contributed by atoms with van der Waals surface area (Å²) in [5, 5.41) is 11.4. The van der Waals surface area contributed by atoms with Crippen molar-refractivity contribution in [3.05, 3.63) is 42.0 Å². The van der Waals surface area contributed by atoms with Crippen molar-refractivity contribution in [2.45, 2.75) is 17.9 Å². The minimum Gasteiger partial charge on any atom is -0.497 e. The lowest BCUT2D eigenvalue weighted by atomic mass is 10.1. The van der Waals surface area contributed by atoms with Crippen LogP contribution in [0.25, 0.3) is 0 Å². The van der Waals surface area contributed by atoms with Crippen molar-refractivity contribution in [2.24, 2.45) is 5.92 Å². The smallest absolute Gasteiger partial charge is 0.228 e. The van der Waals surface area contributed by atoms with Crippen LogP contribution in [0.3, 0.4) is 0 Å². The average molecular weight is 343 g/mol. The summed E-state index contributed by atoms with van der Waals surface area (Å²) < 4.78 is 5.12. The van der Waals surface area contributed by atoms with Crippen molar-refractivity contribution in [3.8, 4) is 5.75 Å². The highest BCUT2D eigenvalue weighted by Gasteiger charge is 2.29. The van der Waals surface area contributed by atoms with E-state index >= 15 is 0 Å². The maximum absolute atomic E-state index is 12.2. The van der Waals surface area contributed by atoms with Crippen LogP contribution >= 0.6 is 11.8 Å². The summed E-state index contributed by atoms with van der Waals surface area (Å²) in [4.78, 5) is 23.8. The van der Waals surface area contributed by atoms with Crippen LogP contribution in [-0.4, -0.2) is 34.8 Å². The number of Topliss-reactive ketones (excluding diaryl/α,β-unsaturated/α-hetero) is 1. The molecule has 6 nitrogen and oxygen atoms in total. The molecule has 3 rings (SSSR count). The maximum atomic E-state index is 12.2. The molecule has 7 heteroatoms. The van der Waals surface area contributed by atoms with E-state index in [1.807, 2.05) is 0 Å². The number of nitrogens with one attached hydrogen (secondary N) is 1. The minimum atomic E-state index is -0.00758. The second-order valence-electron chi connectivity index (χ2n) is 5.46. The molecule has 1 saturated carbocycles. The average Bonchev–Trinajstić information content (AvgIpc) is 3.46. The summed E-state index contributed by atoms with van der Waals surface area (Å²) in [6.07, 6.45) is 1.89. The lowest BCUT2D eigenvalue weighted by Crippen LogP contribution is -2.14. The first-order valence-electron chi connectivity index (χ1n) is 7.60. The number of hydrogen-bond donors (Lipinski definition) is 1. The van der Waals surface area contributed by atoms with E-state index in [0.717, 1.165) is 12.8 Å². The Hall–Kier alpha value is -2.41. The number of hydrogen-bond acceptors (Lipinski definition) is 6. The Balaban J connectivity index is 1.53. The fourth-order valence-corrected chi connectivity index (χ4v) is 2.77. The number of methoxy groups -OCH3 is 1. The van der Waals surface area contributed by atoms with E-state index in [2.05, 4.69) is 15.5 Å². The van der Waals surface area contributed by atoms with Crippen molar-refractivity contribution in [1.82, 2.24) is 10.2 Å². The lowest BCUT2D eigenvalue weighted by molar-refractivity contribution is -0.117. The Kier molecular flexibility index (Phi) is 5.10. The summed E-state index contributed by atoms with van der Waals surface area (Å²) in [5.41, 5.74) is 0.600. The molecule has 1 fully saturated rings. The molecule has 0 unspecified atom stereocenters. The number of thioether (sulfide) groups is 1. The van der Waals surface area contributed by atoms with Crippen molar-refractivity contribution in [3.63, 3.8) is 0 Å². The van der Waals surface area contributed by atoms with Crippen LogP contribution in [0, 0.1) is 5.92 Å². The van der Waals surface area contributed by atoms with E-state index in [1.165, 1.54) is 11.8 Å². The SMILES string of the molecule is COc1cccc(C(=O)CSc2ccc(NC(=O)C3CC3)nn2)c1. The summed E-state index contributed by atoms with van der Waals surface area (Å²) in [7, 11) is 1.57.